The van der Waals surface area contributed by atoms with Crippen LogP contribution in [0.2, 0.25) is 0 Å². The van der Waals surface area contributed by atoms with Crippen molar-refractivity contribution in [1.29, 1.82) is 5.26 Å². The molecule has 0 aliphatic carbocycles. The molecular formula is C21H17N5O4. The van der Waals surface area contributed by atoms with E-state index in [4.69, 9.17) is 0 Å². The zero-order chi connectivity index (χ0) is 21.8. The molecule has 0 aliphatic rings. The smallest absolute Gasteiger partial charge is 0.272 e. The molecule has 0 radical (unpaired) electrons. The topological polar surface area (TPSA) is 134 Å². The Balaban J connectivity index is 2.12. The predicted molar refractivity (Wildman–Crippen MR) is 110 cm³/mol. The Hall–Kier alpha value is -4.32. The summed E-state index contributed by atoms with van der Waals surface area (Å²) in [5.41, 5.74) is 0.807. The van der Waals surface area contributed by atoms with E-state index in [-0.39, 0.29) is 22.7 Å². The van der Waals surface area contributed by atoms with Crippen molar-refractivity contribution in [3.05, 3.63) is 91.5 Å². The molecular weight excluding hydrogens is 386 g/mol. The van der Waals surface area contributed by atoms with Gasteiger partial charge >= 0.3 is 0 Å². The van der Waals surface area contributed by atoms with Gasteiger partial charge in [-0.15, -0.1) is 0 Å². The van der Waals surface area contributed by atoms with Crippen molar-refractivity contribution in [3.63, 3.8) is 0 Å². The maximum absolute atomic E-state index is 12.8. The van der Waals surface area contributed by atoms with Crippen LogP contribution < -0.4 is 5.56 Å². The second kappa shape index (κ2) is 8.36. The zero-order valence-corrected chi connectivity index (χ0v) is 16.2. The van der Waals surface area contributed by atoms with Crippen LogP contribution >= 0.6 is 0 Å². The molecule has 3 aromatic rings. The number of aromatic nitrogens is 2. The largest absolute Gasteiger partial charge is 0.494 e. The highest BCUT2D eigenvalue weighted by Gasteiger charge is 2.22. The van der Waals surface area contributed by atoms with Crippen molar-refractivity contribution in [2.45, 2.75) is 19.9 Å². The summed E-state index contributed by atoms with van der Waals surface area (Å²) in [6.07, 6.45) is 4.50. The van der Waals surface area contributed by atoms with Gasteiger partial charge in [-0.2, -0.15) is 5.26 Å². The highest BCUT2D eigenvalue weighted by atomic mass is 16.6. The summed E-state index contributed by atoms with van der Waals surface area (Å²) in [5, 5.41) is 31.1. The van der Waals surface area contributed by atoms with Crippen LogP contribution in [0.1, 0.15) is 35.2 Å². The fraction of sp³-hybridized carbons (Fsp3) is 0.143. The number of nitro benzene ring substituents is 1. The third kappa shape index (κ3) is 3.79. The number of aromatic hydroxyl groups is 1. The number of rotatable bonds is 5. The van der Waals surface area contributed by atoms with E-state index in [0.717, 1.165) is 4.57 Å². The number of nitro groups is 1. The van der Waals surface area contributed by atoms with Gasteiger partial charge in [-0.3, -0.25) is 29.5 Å². The maximum Gasteiger partial charge on any atom is 0.272 e. The van der Waals surface area contributed by atoms with Crippen LogP contribution in [0.25, 0.3) is 0 Å². The summed E-state index contributed by atoms with van der Waals surface area (Å²) in [4.78, 5) is 31.4. The standard InChI is InChI=1S/C21H17N5O4/c1-13-18(10-22)20(27)25(14(2)15-4-3-9-23-11-15)21(28)19(13)12-24-16-5-7-17(8-6-16)26(29)30/h3-9,11-12,14,28H,1-2H3. The fourth-order valence-corrected chi connectivity index (χ4v) is 3.03. The van der Waals surface area contributed by atoms with Crippen molar-refractivity contribution in [2.75, 3.05) is 0 Å². The first-order valence-corrected chi connectivity index (χ1v) is 8.91. The average Bonchev–Trinajstić information content (AvgIpc) is 2.74. The molecule has 0 amide bonds. The number of aliphatic imine (C=N–C) groups is 1. The molecule has 1 unspecified atom stereocenters. The first kappa shape index (κ1) is 20.4. The van der Waals surface area contributed by atoms with E-state index < -0.39 is 16.5 Å². The summed E-state index contributed by atoms with van der Waals surface area (Å²) in [6.45, 7) is 3.27. The fourth-order valence-electron chi connectivity index (χ4n) is 3.03. The molecule has 2 heterocycles. The highest BCUT2D eigenvalue weighted by molar-refractivity contribution is 5.87. The van der Waals surface area contributed by atoms with Crippen LogP contribution in [0, 0.1) is 28.4 Å². The molecule has 3 rings (SSSR count). The Morgan fingerprint density at radius 3 is 2.60 bits per heavy atom. The Morgan fingerprint density at radius 1 is 1.33 bits per heavy atom. The maximum atomic E-state index is 12.8. The van der Waals surface area contributed by atoms with Gasteiger partial charge in [0, 0.05) is 30.7 Å². The summed E-state index contributed by atoms with van der Waals surface area (Å²) in [6, 6.07) is 10.3. The molecule has 0 fully saturated rings. The lowest BCUT2D eigenvalue weighted by Crippen LogP contribution is -2.28. The number of hydrogen-bond donors (Lipinski definition) is 1. The van der Waals surface area contributed by atoms with Gasteiger partial charge < -0.3 is 5.11 Å². The van der Waals surface area contributed by atoms with Crippen LogP contribution in [0.15, 0.2) is 58.6 Å². The number of nitriles is 1. The molecule has 1 aromatic carbocycles. The summed E-state index contributed by atoms with van der Waals surface area (Å²) >= 11 is 0. The van der Waals surface area contributed by atoms with E-state index in [1.165, 1.54) is 30.5 Å². The van der Waals surface area contributed by atoms with Gasteiger partial charge in [-0.05, 0) is 43.2 Å². The summed E-state index contributed by atoms with van der Waals surface area (Å²) in [5.74, 6) is -0.335. The van der Waals surface area contributed by atoms with E-state index in [2.05, 4.69) is 9.98 Å². The van der Waals surface area contributed by atoms with Crippen molar-refractivity contribution in [1.82, 2.24) is 9.55 Å². The van der Waals surface area contributed by atoms with Gasteiger partial charge in [-0.1, -0.05) is 6.07 Å². The number of benzene rings is 1. The van der Waals surface area contributed by atoms with Gasteiger partial charge in [0.15, 0.2) is 0 Å². The molecule has 1 N–H and O–H groups in total. The Labute approximate surface area is 171 Å². The van der Waals surface area contributed by atoms with E-state index in [9.17, 15) is 25.3 Å². The third-order valence-electron chi connectivity index (χ3n) is 4.75. The van der Waals surface area contributed by atoms with Crippen LogP contribution in [0.5, 0.6) is 5.88 Å². The quantitative estimate of drug-likeness (QED) is 0.394. The van der Waals surface area contributed by atoms with Gasteiger partial charge in [0.2, 0.25) is 5.88 Å². The van der Waals surface area contributed by atoms with Gasteiger partial charge in [-0.25, -0.2) is 0 Å². The first-order valence-electron chi connectivity index (χ1n) is 8.91. The molecule has 30 heavy (non-hydrogen) atoms. The van der Waals surface area contributed by atoms with Crippen molar-refractivity contribution in [2.24, 2.45) is 4.99 Å². The van der Waals surface area contributed by atoms with E-state index >= 15 is 0 Å². The van der Waals surface area contributed by atoms with Crippen LogP contribution in [-0.4, -0.2) is 25.8 Å². The predicted octanol–water partition coefficient (Wildman–Crippen LogP) is 3.40. The second-order valence-electron chi connectivity index (χ2n) is 6.52. The molecule has 0 saturated carbocycles. The Morgan fingerprint density at radius 2 is 2.03 bits per heavy atom. The first-order chi connectivity index (χ1) is 14.3. The lowest BCUT2D eigenvalue weighted by Gasteiger charge is -2.20. The molecule has 0 saturated heterocycles. The molecule has 9 nitrogen and oxygen atoms in total. The van der Waals surface area contributed by atoms with Crippen LogP contribution in [0.4, 0.5) is 11.4 Å². The monoisotopic (exact) mass is 403 g/mol. The summed E-state index contributed by atoms with van der Waals surface area (Å²) < 4.78 is 1.12. The highest BCUT2D eigenvalue weighted by Crippen LogP contribution is 2.27. The van der Waals surface area contributed by atoms with Crippen LogP contribution in [-0.2, 0) is 0 Å². The normalized spacial score (nSPS) is 11.9. The number of nitrogens with zero attached hydrogens (tertiary/aromatic N) is 5. The molecule has 0 spiro atoms. The minimum absolute atomic E-state index is 0.0708. The third-order valence-corrected chi connectivity index (χ3v) is 4.75. The minimum Gasteiger partial charge on any atom is -0.494 e. The number of non-ortho nitro benzene ring substituents is 1. The molecule has 150 valence electrons. The SMILES string of the molecule is Cc1c(C=Nc2ccc([N+](=O)[O-])cc2)c(O)n(C(C)c2cccnc2)c(=O)c1C#N. The molecule has 9 heteroatoms. The van der Waals surface area contributed by atoms with Gasteiger partial charge in [0.25, 0.3) is 11.2 Å². The number of pyridine rings is 2. The molecule has 0 bridgehead atoms. The van der Waals surface area contributed by atoms with E-state index in [0.29, 0.717) is 16.8 Å². The van der Waals surface area contributed by atoms with Gasteiger partial charge in [0.05, 0.1) is 22.2 Å². The zero-order valence-electron chi connectivity index (χ0n) is 16.2. The van der Waals surface area contributed by atoms with Crippen LogP contribution in [0.3, 0.4) is 0 Å². The van der Waals surface area contributed by atoms with E-state index in [1.54, 1.807) is 38.4 Å². The van der Waals surface area contributed by atoms with E-state index in [1.807, 2.05) is 6.07 Å². The summed E-state index contributed by atoms with van der Waals surface area (Å²) in [7, 11) is 0. The van der Waals surface area contributed by atoms with Crippen molar-refractivity contribution >= 4 is 17.6 Å². The second-order valence-corrected chi connectivity index (χ2v) is 6.52. The van der Waals surface area contributed by atoms with Gasteiger partial charge in [0.1, 0.15) is 11.6 Å². The lowest BCUT2D eigenvalue weighted by atomic mass is 10.0. The number of hydrogen-bond acceptors (Lipinski definition) is 7. The lowest BCUT2D eigenvalue weighted by molar-refractivity contribution is -0.384. The molecule has 1 atom stereocenters. The Kier molecular flexibility index (Phi) is 5.69. The van der Waals surface area contributed by atoms with Crippen molar-refractivity contribution in [3.8, 4) is 11.9 Å². The molecule has 2 aromatic heterocycles. The minimum atomic E-state index is -0.615. The molecule has 0 aliphatic heterocycles. The van der Waals surface area contributed by atoms with Crippen molar-refractivity contribution < 1.29 is 10.0 Å². The average molecular weight is 403 g/mol. The Bertz CT molecular complexity index is 1230.